The zero-order chi connectivity index (χ0) is 16.2. The Balaban J connectivity index is 1.81. The van der Waals surface area contributed by atoms with Crippen molar-refractivity contribution in [1.82, 2.24) is 15.2 Å². The minimum absolute atomic E-state index is 0.160. The van der Waals surface area contributed by atoms with Gasteiger partial charge in [-0.05, 0) is 30.3 Å². The zero-order valence-electron chi connectivity index (χ0n) is 11.6. The molecule has 0 bridgehead atoms. The van der Waals surface area contributed by atoms with Gasteiger partial charge < -0.3 is 10.6 Å². The molecular weight excluding hydrogens is 340 g/mol. The van der Waals surface area contributed by atoms with Crippen LogP contribution < -0.4 is 10.6 Å². The number of halogens is 3. The first-order valence-corrected chi connectivity index (χ1v) is 7.30. The van der Waals surface area contributed by atoms with Crippen molar-refractivity contribution in [3.63, 3.8) is 0 Å². The van der Waals surface area contributed by atoms with Crippen LogP contribution in [0, 0.1) is 5.82 Å². The van der Waals surface area contributed by atoms with Crippen molar-refractivity contribution in [1.29, 1.82) is 0 Å². The summed E-state index contributed by atoms with van der Waals surface area (Å²) in [4.78, 5) is 4.22. The van der Waals surface area contributed by atoms with Gasteiger partial charge in [0.05, 0.1) is 11.9 Å². The molecule has 3 aromatic rings. The van der Waals surface area contributed by atoms with E-state index in [1.165, 1.54) is 12.3 Å². The maximum Gasteiger partial charge on any atom is 0.249 e. The van der Waals surface area contributed by atoms with E-state index >= 15 is 0 Å². The quantitative estimate of drug-likeness (QED) is 0.707. The van der Waals surface area contributed by atoms with E-state index in [-0.39, 0.29) is 11.6 Å². The maximum atomic E-state index is 13.6. The van der Waals surface area contributed by atoms with E-state index in [2.05, 4.69) is 25.8 Å². The van der Waals surface area contributed by atoms with Crippen molar-refractivity contribution < 1.29 is 4.39 Å². The molecule has 23 heavy (non-hydrogen) atoms. The molecule has 0 aliphatic carbocycles. The summed E-state index contributed by atoms with van der Waals surface area (Å²) in [5.74, 6) is 0.168. The molecule has 0 saturated carbocycles. The topological polar surface area (TPSA) is 62.7 Å². The van der Waals surface area contributed by atoms with Crippen molar-refractivity contribution in [2.75, 3.05) is 10.6 Å². The Hall–Kier alpha value is -2.44. The summed E-state index contributed by atoms with van der Waals surface area (Å²) >= 11 is 11.9. The molecule has 0 radical (unpaired) electrons. The van der Waals surface area contributed by atoms with Crippen molar-refractivity contribution in [2.45, 2.75) is 0 Å². The summed E-state index contributed by atoms with van der Waals surface area (Å²) in [7, 11) is 0. The van der Waals surface area contributed by atoms with Crippen molar-refractivity contribution in [2.24, 2.45) is 0 Å². The van der Waals surface area contributed by atoms with Gasteiger partial charge in [-0.2, -0.15) is 10.1 Å². The highest BCUT2D eigenvalue weighted by Gasteiger charge is 2.06. The molecule has 0 unspecified atom stereocenters. The second kappa shape index (κ2) is 6.76. The highest BCUT2D eigenvalue weighted by molar-refractivity contribution is 6.35. The second-order valence-electron chi connectivity index (χ2n) is 4.55. The number of hydrogen-bond acceptors (Lipinski definition) is 5. The fraction of sp³-hybridized carbons (Fsp3) is 0. The first-order chi connectivity index (χ1) is 11.1. The molecule has 8 heteroatoms. The van der Waals surface area contributed by atoms with E-state index < -0.39 is 5.82 Å². The minimum atomic E-state index is -0.406. The van der Waals surface area contributed by atoms with E-state index in [0.717, 1.165) is 0 Å². The summed E-state index contributed by atoms with van der Waals surface area (Å²) in [6.07, 6.45) is 1.43. The molecule has 0 aliphatic heterocycles. The third kappa shape index (κ3) is 4.06. The fourth-order valence-corrected chi connectivity index (χ4v) is 2.40. The van der Waals surface area contributed by atoms with Crippen LogP contribution in [-0.4, -0.2) is 15.2 Å². The van der Waals surface area contributed by atoms with Gasteiger partial charge in [-0.1, -0.05) is 35.3 Å². The average molecular weight is 350 g/mol. The molecule has 0 aliphatic rings. The first kappa shape index (κ1) is 15.5. The number of para-hydroxylation sites is 1. The molecule has 0 spiro atoms. The van der Waals surface area contributed by atoms with Gasteiger partial charge in [-0.15, -0.1) is 5.10 Å². The molecule has 1 heterocycles. The lowest BCUT2D eigenvalue weighted by Crippen LogP contribution is -2.03. The molecule has 0 fully saturated rings. The SMILES string of the molecule is Fc1ccccc1Nc1nncc(Nc2cc(Cl)cc(Cl)c2)n1. The van der Waals surface area contributed by atoms with Gasteiger partial charge in [0.1, 0.15) is 5.82 Å². The van der Waals surface area contributed by atoms with Crippen molar-refractivity contribution in [3.05, 3.63) is 64.5 Å². The number of nitrogens with zero attached hydrogens (tertiary/aromatic N) is 3. The Morgan fingerprint density at radius 2 is 1.70 bits per heavy atom. The predicted octanol–water partition coefficient (Wildman–Crippen LogP) is 4.80. The third-order valence-corrected chi connectivity index (χ3v) is 3.25. The van der Waals surface area contributed by atoms with Crippen molar-refractivity contribution in [3.8, 4) is 0 Å². The number of hydrogen-bond donors (Lipinski definition) is 2. The average Bonchev–Trinajstić information content (AvgIpc) is 2.49. The Morgan fingerprint density at radius 3 is 2.43 bits per heavy atom. The van der Waals surface area contributed by atoms with Crippen LogP contribution >= 0.6 is 23.2 Å². The number of nitrogens with one attached hydrogen (secondary N) is 2. The Labute approximate surface area is 141 Å². The van der Waals surface area contributed by atoms with Crippen LogP contribution in [0.5, 0.6) is 0 Å². The van der Waals surface area contributed by atoms with E-state index in [4.69, 9.17) is 23.2 Å². The molecular formula is C15H10Cl2FN5. The van der Waals surface area contributed by atoms with Crippen LogP contribution in [0.1, 0.15) is 0 Å². The number of anilines is 4. The molecule has 116 valence electrons. The van der Waals surface area contributed by atoms with Crippen LogP contribution in [0.2, 0.25) is 10.0 Å². The van der Waals surface area contributed by atoms with E-state index in [9.17, 15) is 4.39 Å². The lowest BCUT2D eigenvalue weighted by Gasteiger charge is -2.08. The van der Waals surface area contributed by atoms with Gasteiger partial charge in [0, 0.05) is 15.7 Å². The Bertz CT molecular complexity index is 823. The lowest BCUT2D eigenvalue weighted by molar-refractivity contribution is 0.631. The zero-order valence-corrected chi connectivity index (χ0v) is 13.1. The normalized spacial score (nSPS) is 10.4. The monoisotopic (exact) mass is 349 g/mol. The smallest absolute Gasteiger partial charge is 0.249 e. The molecule has 2 aromatic carbocycles. The van der Waals surface area contributed by atoms with Crippen LogP contribution in [-0.2, 0) is 0 Å². The van der Waals surface area contributed by atoms with Crippen LogP contribution in [0.25, 0.3) is 0 Å². The van der Waals surface area contributed by atoms with Gasteiger partial charge in [0.2, 0.25) is 5.95 Å². The van der Waals surface area contributed by atoms with Gasteiger partial charge in [-0.25, -0.2) is 4.39 Å². The minimum Gasteiger partial charge on any atom is -0.339 e. The molecule has 5 nitrogen and oxygen atoms in total. The Morgan fingerprint density at radius 1 is 0.957 bits per heavy atom. The maximum absolute atomic E-state index is 13.6. The Kier molecular flexibility index (Phi) is 4.55. The predicted molar refractivity (Wildman–Crippen MR) is 89.3 cm³/mol. The van der Waals surface area contributed by atoms with E-state index in [1.807, 2.05) is 0 Å². The van der Waals surface area contributed by atoms with Gasteiger partial charge in [0.15, 0.2) is 5.82 Å². The molecule has 3 rings (SSSR count). The van der Waals surface area contributed by atoms with Crippen LogP contribution in [0.15, 0.2) is 48.7 Å². The second-order valence-corrected chi connectivity index (χ2v) is 5.43. The summed E-state index contributed by atoms with van der Waals surface area (Å²) in [5.41, 5.74) is 0.914. The number of benzene rings is 2. The molecule has 1 aromatic heterocycles. The highest BCUT2D eigenvalue weighted by atomic mass is 35.5. The highest BCUT2D eigenvalue weighted by Crippen LogP contribution is 2.25. The largest absolute Gasteiger partial charge is 0.339 e. The van der Waals surface area contributed by atoms with E-state index in [1.54, 1.807) is 36.4 Å². The molecule has 0 amide bonds. The van der Waals surface area contributed by atoms with Gasteiger partial charge in [0.25, 0.3) is 0 Å². The van der Waals surface area contributed by atoms with Crippen molar-refractivity contribution >= 4 is 46.3 Å². The molecule has 0 atom stereocenters. The van der Waals surface area contributed by atoms with Crippen LogP contribution in [0.3, 0.4) is 0 Å². The van der Waals surface area contributed by atoms with Crippen LogP contribution in [0.4, 0.5) is 27.5 Å². The third-order valence-electron chi connectivity index (χ3n) is 2.81. The first-order valence-electron chi connectivity index (χ1n) is 6.54. The summed E-state index contributed by atoms with van der Waals surface area (Å²) in [6, 6.07) is 11.2. The molecule has 0 saturated heterocycles. The van der Waals surface area contributed by atoms with E-state index in [0.29, 0.717) is 21.6 Å². The van der Waals surface area contributed by atoms with Gasteiger partial charge in [-0.3, -0.25) is 0 Å². The summed E-state index contributed by atoms with van der Waals surface area (Å²) in [5, 5.41) is 14.4. The number of rotatable bonds is 4. The lowest BCUT2D eigenvalue weighted by atomic mass is 10.3. The summed E-state index contributed by atoms with van der Waals surface area (Å²) in [6.45, 7) is 0. The summed E-state index contributed by atoms with van der Waals surface area (Å²) < 4.78 is 13.6. The van der Waals surface area contributed by atoms with Gasteiger partial charge >= 0.3 is 0 Å². The molecule has 2 N–H and O–H groups in total. The standard InChI is InChI=1S/C15H10Cl2FN5/c16-9-5-10(17)7-11(6-9)20-14-8-19-23-15(22-14)21-13-4-2-1-3-12(13)18/h1-8H,(H2,20,21,22,23). The fourth-order valence-electron chi connectivity index (χ4n) is 1.87. The number of aromatic nitrogens is 3.